The SMILES string of the molecule is COC(=O)C1(Cl)C=CC(Cl)=CC1C. The van der Waals surface area contributed by atoms with E-state index in [-0.39, 0.29) is 5.92 Å². The summed E-state index contributed by atoms with van der Waals surface area (Å²) in [5.41, 5.74) is 0. The molecule has 0 aliphatic heterocycles. The van der Waals surface area contributed by atoms with Crippen LogP contribution in [0.3, 0.4) is 0 Å². The predicted octanol–water partition coefficient (Wildman–Crippen LogP) is 2.47. The molecule has 13 heavy (non-hydrogen) atoms. The Bertz CT molecular complexity index is 283. The lowest BCUT2D eigenvalue weighted by molar-refractivity contribution is -0.143. The lowest BCUT2D eigenvalue weighted by atomic mass is 9.89. The number of ether oxygens (including phenoxy) is 1. The van der Waals surface area contributed by atoms with Crippen molar-refractivity contribution in [2.45, 2.75) is 11.8 Å². The average molecular weight is 221 g/mol. The number of alkyl halides is 1. The largest absolute Gasteiger partial charge is 0.467 e. The number of carbonyl (C=O) groups excluding carboxylic acids is 1. The van der Waals surface area contributed by atoms with Crippen LogP contribution in [-0.4, -0.2) is 18.0 Å². The zero-order valence-corrected chi connectivity index (χ0v) is 8.89. The van der Waals surface area contributed by atoms with Crippen LogP contribution in [0.4, 0.5) is 0 Å². The fourth-order valence-electron chi connectivity index (χ4n) is 1.18. The number of methoxy groups -OCH3 is 1. The smallest absolute Gasteiger partial charge is 0.331 e. The molecule has 2 unspecified atom stereocenters. The van der Waals surface area contributed by atoms with E-state index in [0.29, 0.717) is 5.03 Å². The topological polar surface area (TPSA) is 26.3 Å². The van der Waals surface area contributed by atoms with Gasteiger partial charge in [-0.25, -0.2) is 4.79 Å². The van der Waals surface area contributed by atoms with Crippen LogP contribution in [0.15, 0.2) is 23.3 Å². The molecular formula is C9H10Cl2O2. The highest BCUT2D eigenvalue weighted by Crippen LogP contribution is 2.35. The summed E-state index contributed by atoms with van der Waals surface area (Å²) in [7, 11) is 1.31. The molecule has 0 aromatic carbocycles. The van der Waals surface area contributed by atoms with Gasteiger partial charge in [0.1, 0.15) is 0 Å². The minimum Gasteiger partial charge on any atom is -0.467 e. The summed E-state index contributed by atoms with van der Waals surface area (Å²) in [4.78, 5) is 10.2. The highest BCUT2D eigenvalue weighted by molar-refractivity contribution is 6.37. The van der Waals surface area contributed by atoms with E-state index >= 15 is 0 Å². The van der Waals surface area contributed by atoms with Gasteiger partial charge in [-0.05, 0) is 6.08 Å². The van der Waals surface area contributed by atoms with E-state index in [4.69, 9.17) is 23.2 Å². The summed E-state index contributed by atoms with van der Waals surface area (Å²) in [6.45, 7) is 1.82. The maximum Gasteiger partial charge on any atom is 0.331 e. The number of carbonyl (C=O) groups is 1. The van der Waals surface area contributed by atoms with E-state index in [9.17, 15) is 4.79 Å². The third kappa shape index (κ3) is 1.89. The molecule has 0 bridgehead atoms. The van der Waals surface area contributed by atoms with Crippen LogP contribution in [0.5, 0.6) is 0 Å². The van der Waals surface area contributed by atoms with Crippen LogP contribution in [0, 0.1) is 5.92 Å². The van der Waals surface area contributed by atoms with Gasteiger partial charge in [-0.15, -0.1) is 11.6 Å². The highest BCUT2D eigenvalue weighted by Gasteiger charge is 2.41. The van der Waals surface area contributed by atoms with Gasteiger partial charge < -0.3 is 4.74 Å². The molecule has 0 N–H and O–H groups in total. The van der Waals surface area contributed by atoms with Crippen molar-refractivity contribution >= 4 is 29.2 Å². The molecule has 0 aromatic rings. The first-order valence-corrected chi connectivity index (χ1v) is 4.60. The van der Waals surface area contributed by atoms with Crippen LogP contribution in [-0.2, 0) is 9.53 Å². The fourth-order valence-corrected chi connectivity index (χ4v) is 1.63. The fraction of sp³-hybridized carbons (Fsp3) is 0.444. The van der Waals surface area contributed by atoms with E-state index < -0.39 is 10.8 Å². The maximum absolute atomic E-state index is 11.3. The van der Waals surface area contributed by atoms with Gasteiger partial charge in [0.15, 0.2) is 4.87 Å². The molecule has 0 radical (unpaired) electrons. The number of rotatable bonds is 1. The van der Waals surface area contributed by atoms with Gasteiger partial charge in [0, 0.05) is 11.0 Å². The molecule has 72 valence electrons. The lowest BCUT2D eigenvalue weighted by Crippen LogP contribution is -2.38. The van der Waals surface area contributed by atoms with Crippen molar-refractivity contribution in [1.82, 2.24) is 0 Å². The molecular weight excluding hydrogens is 211 g/mol. The van der Waals surface area contributed by atoms with Crippen molar-refractivity contribution in [3.63, 3.8) is 0 Å². The number of halogens is 2. The molecule has 0 heterocycles. The van der Waals surface area contributed by atoms with Gasteiger partial charge in [0.25, 0.3) is 0 Å². The van der Waals surface area contributed by atoms with E-state index in [2.05, 4.69) is 4.74 Å². The van der Waals surface area contributed by atoms with Crippen LogP contribution in [0.2, 0.25) is 0 Å². The van der Waals surface area contributed by atoms with E-state index in [1.54, 1.807) is 18.2 Å². The Hall–Kier alpha value is -0.470. The second-order valence-corrected chi connectivity index (χ2v) is 4.00. The molecule has 0 amide bonds. The summed E-state index contributed by atoms with van der Waals surface area (Å²) in [6.07, 6.45) is 4.89. The van der Waals surface area contributed by atoms with Crippen molar-refractivity contribution < 1.29 is 9.53 Å². The monoisotopic (exact) mass is 220 g/mol. The zero-order valence-electron chi connectivity index (χ0n) is 7.38. The quantitative estimate of drug-likeness (QED) is 0.502. The standard InChI is InChI=1S/C9H10Cl2O2/c1-6-5-7(10)3-4-9(6,11)8(12)13-2/h3-6H,1-2H3. The van der Waals surface area contributed by atoms with Crippen LogP contribution >= 0.6 is 23.2 Å². The van der Waals surface area contributed by atoms with Gasteiger partial charge in [-0.2, -0.15) is 0 Å². The molecule has 0 saturated heterocycles. The zero-order chi connectivity index (χ0) is 10.1. The minimum absolute atomic E-state index is 0.167. The lowest BCUT2D eigenvalue weighted by Gasteiger charge is -2.27. The Labute approximate surface area is 87.2 Å². The number of hydrogen-bond donors (Lipinski definition) is 0. The van der Waals surface area contributed by atoms with E-state index in [1.807, 2.05) is 6.92 Å². The summed E-state index contributed by atoms with van der Waals surface area (Å²) in [5.74, 6) is -0.627. The van der Waals surface area contributed by atoms with E-state index in [0.717, 1.165) is 0 Å². The van der Waals surface area contributed by atoms with Crippen LogP contribution in [0.25, 0.3) is 0 Å². The van der Waals surface area contributed by atoms with Crippen molar-refractivity contribution in [2.24, 2.45) is 5.92 Å². The third-order valence-corrected chi connectivity index (χ3v) is 2.93. The Morgan fingerprint density at radius 3 is 2.77 bits per heavy atom. The first kappa shape index (κ1) is 10.6. The number of hydrogen-bond acceptors (Lipinski definition) is 2. The highest BCUT2D eigenvalue weighted by atomic mass is 35.5. The molecule has 1 aliphatic rings. The summed E-state index contributed by atoms with van der Waals surface area (Å²) >= 11 is 11.8. The van der Waals surface area contributed by atoms with Crippen molar-refractivity contribution in [3.8, 4) is 0 Å². The van der Waals surface area contributed by atoms with Crippen LogP contribution < -0.4 is 0 Å². The minimum atomic E-state index is -1.10. The van der Waals surface area contributed by atoms with Crippen molar-refractivity contribution in [2.75, 3.05) is 7.11 Å². The summed E-state index contributed by atoms with van der Waals surface area (Å²) < 4.78 is 4.60. The molecule has 0 aromatic heterocycles. The molecule has 0 saturated carbocycles. The maximum atomic E-state index is 11.3. The predicted molar refractivity (Wildman–Crippen MR) is 52.8 cm³/mol. The van der Waals surface area contributed by atoms with Gasteiger partial charge in [-0.1, -0.05) is 30.7 Å². The van der Waals surface area contributed by atoms with E-state index in [1.165, 1.54) is 7.11 Å². The first-order chi connectivity index (χ1) is 6.00. The molecule has 0 spiro atoms. The second-order valence-electron chi connectivity index (χ2n) is 2.93. The molecule has 2 nitrogen and oxygen atoms in total. The summed E-state index contributed by atoms with van der Waals surface area (Å²) in [5, 5.41) is 0.590. The van der Waals surface area contributed by atoms with Gasteiger partial charge >= 0.3 is 5.97 Å². The molecule has 0 fully saturated rings. The van der Waals surface area contributed by atoms with Gasteiger partial charge in [0.05, 0.1) is 7.11 Å². The molecule has 1 rings (SSSR count). The van der Waals surface area contributed by atoms with Crippen molar-refractivity contribution in [3.05, 3.63) is 23.3 Å². The Balaban J connectivity index is 2.95. The Morgan fingerprint density at radius 1 is 1.69 bits per heavy atom. The third-order valence-electron chi connectivity index (χ3n) is 2.06. The average Bonchev–Trinajstić information content (AvgIpc) is 2.11. The number of allylic oxidation sites excluding steroid dienone is 3. The van der Waals surface area contributed by atoms with Crippen molar-refractivity contribution in [1.29, 1.82) is 0 Å². The Morgan fingerprint density at radius 2 is 2.31 bits per heavy atom. The number of esters is 1. The molecule has 1 aliphatic carbocycles. The van der Waals surface area contributed by atoms with Gasteiger partial charge in [0.2, 0.25) is 0 Å². The first-order valence-electron chi connectivity index (χ1n) is 3.84. The van der Waals surface area contributed by atoms with Crippen LogP contribution in [0.1, 0.15) is 6.92 Å². The molecule has 4 heteroatoms. The normalized spacial score (nSPS) is 32.6. The van der Waals surface area contributed by atoms with Gasteiger partial charge in [-0.3, -0.25) is 0 Å². The Kier molecular flexibility index (Phi) is 3.04. The second kappa shape index (κ2) is 3.72. The summed E-state index contributed by atoms with van der Waals surface area (Å²) in [6, 6.07) is 0. The molecule has 2 atom stereocenters.